The summed E-state index contributed by atoms with van der Waals surface area (Å²) in [6.07, 6.45) is 0. The van der Waals surface area contributed by atoms with E-state index < -0.39 is 0 Å². The zero-order valence-electron chi connectivity index (χ0n) is 17.5. The van der Waals surface area contributed by atoms with Gasteiger partial charge in [0.2, 0.25) is 5.95 Å². The van der Waals surface area contributed by atoms with Crippen molar-refractivity contribution in [2.45, 2.75) is 0 Å². The highest BCUT2D eigenvalue weighted by Crippen LogP contribution is 2.37. The van der Waals surface area contributed by atoms with Gasteiger partial charge in [0.25, 0.3) is 5.91 Å². The lowest BCUT2D eigenvalue weighted by Crippen LogP contribution is -2.50. The summed E-state index contributed by atoms with van der Waals surface area (Å²) < 4.78 is 5.61. The van der Waals surface area contributed by atoms with Gasteiger partial charge in [-0.2, -0.15) is 4.98 Å². The maximum Gasteiger partial charge on any atom is 0.260 e. The van der Waals surface area contributed by atoms with Crippen molar-refractivity contribution in [3.8, 4) is 16.2 Å². The van der Waals surface area contributed by atoms with Crippen molar-refractivity contribution in [2.75, 3.05) is 43.4 Å². The predicted molar refractivity (Wildman–Crippen MR) is 128 cm³/mol. The molecule has 2 N–H and O–H groups in total. The molecule has 1 saturated heterocycles. The topological polar surface area (TPSA) is 84.6 Å². The maximum absolute atomic E-state index is 12.6. The average molecular weight is 446 g/mol. The molecule has 1 aliphatic rings. The molecule has 5 rings (SSSR count). The van der Waals surface area contributed by atoms with E-state index in [1.165, 1.54) is 0 Å². The lowest BCUT2D eigenvalue weighted by atomic mass is 10.2. The second kappa shape index (κ2) is 8.84. The summed E-state index contributed by atoms with van der Waals surface area (Å²) in [6.45, 7) is 2.62. The van der Waals surface area contributed by atoms with E-state index in [-0.39, 0.29) is 18.5 Å². The third-order valence-electron chi connectivity index (χ3n) is 5.49. The number of amides is 1. The number of carbonyl (C=O) groups excluding carboxylic acids is 1. The largest absolute Gasteiger partial charge is 0.484 e. The highest BCUT2D eigenvalue weighted by molar-refractivity contribution is 7.22. The SMILES string of the molecule is Nc1nc(N2CCN(C(=O)COc3ccccc3)CC2)c2cc(-c3ccccc3)sc2n1. The van der Waals surface area contributed by atoms with E-state index in [2.05, 4.69) is 33.1 Å². The molecular weight excluding hydrogens is 422 g/mol. The standard InChI is InChI=1S/C24H23N5O2S/c25-24-26-22(19-15-20(32-23(19)27-24)17-7-3-1-4-8-17)29-13-11-28(12-14-29)21(30)16-31-18-9-5-2-6-10-18/h1-10,15H,11-14,16H2,(H2,25,26,27). The molecule has 0 bridgehead atoms. The van der Waals surface area contributed by atoms with Crippen LogP contribution in [0.1, 0.15) is 0 Å². The van der Waals surface area contributed by atoms with E-state index in [0.717, 1.165) is 26.5 Å². The summed E-state index contributed by atoms with van der Waals surface area (Å²) in [5.41, 5.74) is 7.17. The van der Waals surface area contributed by atoms with E-state index in [1.54, 1.807) is 11.3 Å². The minimum atomic E-state index is -0.0113. The molecule has 32 heavy (non-hydrogen) atoms. The molecule has 1 amide bonds. The highest BCUT2D eigenvalue weighted by Gasteiger charge is 2.24. The molecule has 8 heteroatoms. The number of nitrogens with two attached hydrogens (primary N) is 1. The number of fused-ring (bicyclic) bond motifs is 1. The minimum Gasteiger partial charge on any atom is -0.484 e. The lowest BCUT2D eigenvalue weighted by Gasteiger charge is -2.35. The number of rotatable bonds is 5. The van der Waals surface area contributed by atoms with Crippen LogP contribution < -0.4 is 15.4 Å². The number of thiophene rings is 1. The minimum absolute atomic E-state index is 0.0113. The van der Waals surface area contributed by atoms with Gasteiger partial charge in [-0.05, 0) is 23.8 Å². The molecule has 2 aromatic carbocycles. The van der Waals surface area contributed by atoms with E-state index in [0.29, 0.717) is 31.9 Å². The van der Waals surface area contributed by atoms with Gasteiger partial charge in [-0.15, -0.1) is 11.3 Å². The van der Waals surface area contributed by atoms with Crippen LogP contribution in [0, 0.1) is 0 Å². The van der Waals surface area contributed by atoms with Crippen LogP contribution in [0.5, 0.6) is 5.75 Å². The fourth-order valence-corrected chi connectivity index (χ4v) is 4.87. The van der Waals surface area contributed by atoms with Crippen molar-refractivity contribution in [3.63, 3.8) is 0 Å². The number of carbonyl (C=O) groups is 1. The summed E-state index contributed by atoms with van der Waals surface area (Å²) in [7, 11) is 0. The van der Waals surface area contributed by atoms with Gasteiger partial charge >= 0.3 is 0 Å². The Labute approximate surface area is 190 Å². The first-order valence-electron chi connectivity index (χ1n) is 10.5. The number of nitrogens with zero attached hydrogens (tertiary/aromatic N) is 4. The Balaban J connectivity index is 1.29. The van der Waals surface area contributed by atoms with Gasteiger partial charge in [0, 0.05) is 31.1 Å². The van der Waals surface area contributed by atoms with Crippen LogP contribution in [0.15, 0.2) is 66.7 Å². The van der Waals surface area contributed by atoms with Crippen molar-refractivity contribution in [2.24, 2.45) is 0 Å². The molecule has 7 nitrogen and oxygen atoms in total. The molecule has 0 radical (unpaired) electrons. The van der Waals surface area contributed by atoms with E-state index in [4.69, 9.17) is 10.5 Å². The van der Waals surface area contributed by atoms with Crippen molar-refractivity contribution >= 4 is 39.2 Å². The van der Waals surface area contributed by atoms with Crippen LogP contribution in [0.4, 0.5) is 11.8 Å². The summed E-state index contributed by atoms with van der Waals surface area (Å²) in [5.74, 6) is 1.79. The molecule has 0 atom stereocenters. The van der Waals surface area contributed by atoms with Crippen molar-refractivity contribution in [3.05, 3.63) is 66.7 Å². The Morgan fingerprint density at radius 3 is 2.38 bits per heavy atom. The summed E-state index contributed by atoms with van der Waals surface area (Å²) in [5, 5.41) is 0.996. The molecule has 1 aliphatic heterocycles. The second-order valence-corrected chi connectivity index (χ2v) is 8.60. The molecule has 2 aromatic heterocycles. The molecule has 3 heterocycles. The molecule has 0 spiro atoms. The van der Waals surface area contributed by atoms with Crippen molar-refractivity contribution in [1.29, 1.82) is 0 Å². The maximum atomic E-state index is 12.6. The van der Waals surface area contributed by atoms with Crippen LogP contribution in [0.3, 0.4) is 0 Å². The normalized spacial score (nSPS) is 14.0. The lowest BCUT2D eigenvalue weighted by molar-refractivity contribution is -0.133. The number of ether oxygens (including phenoxy) is 1. The molecule has 1 fully saturated rings. The van der Waals surface area contributed by atoms with E-state index >= 15 is 0 Å². The van der Waals surface area contributed by atoms with Crippen LogP contribution in [0.2, 0.25) is 0 Å². The number of nitrogen functional groups attached to an aromatic ring is 1. The van der Waals surface area contributed by atoms with Crippen molar-refractivity contribution in [1.82, 2.24) is 14.9 Å². The smallest absolute Gasteiger partial charge is 0.260 e. The number of aromatic nitrogens is 2. The predicted octanol–water partition coefficient (Wildman–Crippen LogP) is 3.67. The number of piperazine rings is 1. The molecular formula is C24H23N5O2S. The van der Waals surface area contributed by atoms with Gasteiger partial charge in [0.1, 0.15) is 16.4 Å². The molecule has 0 unspecified atom stereocenters. The summed E-state index contributed by atoms with van der Waals surface area (Å²) >= 11 is 1.61. The van der Waals surface area contributed by atoms with Gasteiger partial charge in [-0.3, -0.25) is 4.79 Å². The third kappa shape index (κ3) is 4.22. The van der Waals surface area contributed by atoms with Gasteiger partial charge in [-0.1, -0.05) is 48.5 Å². The zero-order chi connectivity index (χ0) is 21.9. The molecule has 162 valence electrons. The first-order valence-corrected chi connectivity index (χ1v) is 11.3. The third-order valence-corrected chi connectivity index (χ3v) is 6.56. The Kier molecular flexibility index (Phi) is 5.60. The molecule has 0 aliphatic carbocycles. The van der Waals surface area contributed by atoms with Crippen molar-refractivity contribution < 1.29 is 9.53 Å². The highest BCUT2D eigenvalue weighted by atomic mass is 32.1. The van der Waals surface area contributed by atoms with Gasteiger partial charge in [-0.25, -0.2) is 4.98 Å². The fraction of sp³-hybridized carbons (Fsp3) is 0.208. The summed E-state index contributed by atoms with van der Waals surface area (Å²) in [6, 6.07) is 21.8. The Bertz CT molecular complexity index is 1220. The molecule has 4 aromatic rings. The van der Waals surface area contributed by atoms with Gasteiger partial charge in [0.05, 0.1) is 5.39 Å². The van der Waals surface area contributed by atoms with Crippen LogP contribution in [-0.4, -0.2) is 53.6 Å². The number of hydrogen-bond donors (Lipinski definition) is 1. The first-order chi connectivity index (χ1) is 15.7. The molecule has 0 saturated carbocycles. The monoisotopic (exact) mass is 445 g/mol. The van der Waals surface area contributed by atoms with Crippen LogP contribution in [0.25, 0.3) is 20.7 Å². The number of anilines is 2. The quantitative estimate of drug-likeness (QED) is 0.505. The summed E-state index contributed by atoms with van der Waals surface area (Å²) in [4.78, 5) is 27.6. The van der Waals surface area contributed by atoms with Crippen LogP contribution in [-0.2, 0) is 4.79 Å². The Morgan fingerprint density at radius 1 is 0.969 bits per heavy atom. The zero-order valence-corrected chi connectivity index (χ0v) is 18.3. The van der Waals surface area contributed by atoms with Gasteiger partial charge in [0.15, 0.2) is 6.61 Å². The first kappa shape index (κ1) is 20.3. The number of para-hydroxylation sites is 1. The number of hydrogen-bond acceptors (Lipinski definition) is 7. The second-order valence-electron chi connectivity index (χ2n) is 7.57. The Hall–Kier alpha value is -3.65. The van der Waals surface area contributed by atoms with E-state index in [9.17, 15) is 4.79 Å². The Morgan fingerprint density at radius 2 is 1.66 bits per heavy atom. The number of benzene rings is 2. The van der Waals surface area contributed by atoms with Gasteiger partial charge < -0.3 is 20.3 Å². The fourth-order valence-electron chi connectivity index (χ4n) is 3.83. The van der Waals surface area contributed by atoms with Crippen LogP contribution >= 0.6 is 11.3 Å². The van der Waals surface area contributed by atoms with E-state index in [1.807, 2.05) is 53.4 Å². The average Bonchev–Trinajstić information content (AvgIpc) is 3.27.